The number of rotatable bonds is 7. The molecule has 1 atom stereocenters. The summed E-state index contributed by atoms with van der Waals surface area (Å²) in [6.45, 7) is 1.74. The Morgan fingerprint density at radius 3 is 2.50 bits per heavy atom. The molecule has 0 fully saturated rings. The molecule has 2 N–H and O–H groups in total. The van der Waals surface area contributed by atoms with Crippen LogP contribution < -0.4 is 5.32 Å². The average molecular weight is 249 g/mol. The van der Waals surface area contributed by atoms with E-state index in [2.05, 4.69) is 5.32 Å². The number of aryl methyl sites for hydroxylation is 1. The number of carbonyl (C=O) groups excluding carboxylic acids is 1. The van der Waals surface area contributed by atoms with Crippen molar-refractivity contribution in [3.8, 4) is 0 Å². The first-order chi connectivity index (χ1) is 8.63. The van der Waals surface area contributed by atoms with Crippen LogP contribution in [0.1, 0.15) is 31.7 Å². The van der Waals surface area contributed by atoms with E-state index in [1.54, 1.807) is 6.92 Å². The van der Waals surface area contributed by atoms with Crippen molar-refractivity contribution in [2.45, 2.75) is 38.6 Å². The normalized spacial score (nSPS) is 11.8. The number of benzene rings is 1. The summed E-state index contributed by atoms with van der Waals surface area (Å²) < 4.78 is 0. The molecule has 1 amide bonds. The molecular formula is C14H19NO3. The van der Waals surface area contributed by atoms with Crippen LogP contribution in [0.15, 0.2) is 30.3 Å². The molecule has 0 saturated heterocycles. The molecule has 4 heteroatoms. The Kier molecular flexibility index (Phi) is 5.91. The standard InChI is InChI=1S/C14H19NO3/c1-2-12(14(17)18)15-13(16)10-6-9-11-7-4-3-5-8-11/h3-5,7-8,12H,2,6,9-10H2,1H3,(H,15,16)(H,17,18)/t12-/m1/s1. The second-order valence-electron chi connectivity index (χ2n) is 4.21. The predicted molar refractivity (Wildman–Crippen MR) is 69.2 cm³/mol. The molecule has 0 heterocycles. The van der Waals surface area contributed by atoms with Crippen molar-refractivity contribution in [3.63, 3.8) is 0 Å². The molecule has 0 unspecified atom stereocenters. The first-order valence-electron chi connectivity index (χ1n) is 6.19. The van der Waals surface area contributed by atoms with Crippen LogP contribution in [0.5, 0.6) is 0 Å². The number of carboxylic acids is 1. The van der Waals surface area contributed by atoms with Crippen molar-refractivity contribution >= 4 is 11.9 Å². The monoisotopic (exact) mass is 249 g/mol. The second kappa shape index (κ2) is 7.48. The summed E-state index contributed by atoms with van der Waals surface area (Å²) in [5.41, 5.74) is 1.19. The molecule has 0 radical (unpaired) electrons. The summed E-state index contributed by atoms with van der Waals surface area (Å²) in [5.74, 6) is -1.17. The highest BCUT2D eigenvalue weighted by Crippen LogP contribution is 2.04. The molecule has 4 nitrogen and oxygen atoms in total. The minimum atomic E-state index is -0.978. The van der Waals surface area contributed by atoms with Gasteiger partial charge in [0.2, 0.25) is 5.91 Å². The van der Waals surface area contributed by atoms with Gasteiger partial charge in [0.25, 0.3) is 0 Å². The summed E-state index contributed by atoms with van der Waals surface area (Å²) in [5, 5.41) is 11.3. The zero-order valence-corrected chi connectivity index (χ0v) is 10.6. The van der Waals surface area contributed by atoms with E-state index in [1.807, 2.05) is 30.3 Å². The molecule has 0 aromatic heterocycles. The van der Waals surface area contributed by atoms with Crippen molar-refractivity contribution in [3.05, 3.63) is 35.9 Å². The van der Waals surface area contributed by atoms with Crippen LogP contribution >= 0.6 is 0 Å². The molecule has 0 aliphatic carbocycles. The fourth-order valence-electron chi connectivity index (χ4n) is 1.70. The topological polar surface area (TPSA) is 66.4 Å². The van der Waals surface area contributed by atoms with E-state index >= 15 is 0 Å². The molecular weight excluding hydrogens is 230 g/mol. The number of nitrogens with one attached hydrogen (secondary N) is 1. The lowest BCUT2D eigenvalue weighted by Crippen LogP contribution is -2.40. The molecule has 0 bridgehead atoms. The number of hydrogen-bond acceptors (Lipinski definition) is 2. The molecule has 0 aliphatic heterocycles. The van der Waals surface area contributed by atoms with Crippen molar-refractivity contribution < 1.29 is 14.7 Å². The van der Waals surface area contributed by atoms with Crippen molar-refractivity contribution in [1.82, 2.24) is 5.32 Å². The number of amides is 1. The van der Waals surface area contributed by atoms with E-state index in [9.17, 15) is 9.59 Å². The molecule has 1 aromatic rings. The first-order valence-corrected chi connectivity index (χ1v) is 6.19. The Bertz CT molecular complexity index is 389. The van der Waals surface area contributed by atoms with E-state index < -0.39 is 12.0 Å². The van der Waals surface area contributed by atoms with E-state index in [0.29, 0.717) is 12.8 Å². The quantitative estimate of drug-likeness (QED) is 0.776. The summed E-state index contributed by atoms with van der Waals surface area (Å²) in [4.78, 5) is 22.3. The highest BCUT2D eigenvalue weighted by molar-refractivity contribution is 5.83. The van der Waals surface area contributed by atoms with Crippen molar-refractivity contribution in [1.29, 1.82) is 0 Å². The number of aliphatic carboxylic acids is 1. The smallest absolute Gasteiger partial charge is 0.326 e. The number of carboxylic acid groups (broad SMARTS) is 1. The van der Waals surface area contributed by atoms with Crippen LogP contribution in [0.3, 0.4) is 0 Å². The third-order valence-corrected chi connectivity index (χ3v) is 2.75. The molecule has 0 spiro atoms. The maximum Gasteiger partial charge on any atom is 0.326 e. The van der Waals surface area contributed by atoms with E-state index in [-0.39, 0.29) is 5.91 Å². The first kappa shape index (κ1) is 14.2. The Balaban J connectivity index is 2.27. The average Bonchev–Trinajstić information content (AvgIpc) is 2.37. The fourth-order valence-corrected chi connectivity index (χ4v) is 1.70. The Morgan fingerprint density at radius 2 is 1.94 bits per heavy atom. The molecule has 18 heavy (non-hydrogen) atoms. The van der Waals surface area contributed by atoms with Crippen LogP contribution in [-0.2, 0) is 16.0 Å². The number of carbonyl (C=O) groups is 2. The minimum Gasteiger partial charge on any atom is -0.480 e. The third-order valence-electron chi connectivity index (χ3n) is 2.75. The zero-order valence-electron chi connectivity index (χ0n) is 10.6. The number of hydrogen-bond donors (Lipinski definition) is 2. The van der Waals surface area contributed by atoms with Gasteiger partial charge in [0.05, 0.1) is 0 Å². The van der Waals surface area contributed by atoms with E-state index in [4.69, 9.17) is 5.11 Å². The van der Waals surface area contributed by atoms with E-state index in [0.717, 1.165) is 12.8 Å². The van der Waals surface area contributed by atoms with Crippen LogP contribution in [-0.4, -0.2) is 23.0 Å². The van der Waals surface area contributed by atoms with Gasteiger partial charge in [-0.3, -0.25) is 4.79 Å². The van der Waals surface area contributed by atoms with Crippen LogP contribution in [0, 0.1) is 0 Å². The molecule has 98 valence electrons. The summed E-state index contributed by atoms with van der Waals surface area (Å²) >= 11 is 0. The lowest BCUT2D eigenvalue weighted by molar-refractivity contribution is -0.141. The summed E-state index contributed by atoms with van der Waals surface area (Å²) in [6.07, 6.45) is 2.32. The largest absolute Gasteiger partial charge is 0.480 e. The van der Waals surface area contributed by atoms with Gasteiger partial charge in [0.1, 0.15) is 6.04 Å². The lowest BCUT2D eigenvalue weighted by Gasteiger charge is -2.11. The van der Waals surface area contributed by atoms with Gasteiger partial charge in [-0.2, -0.15) is 0 Å². The van der Waals surface area contributed by atoms with Gasteiger partial charge in [0, 0.05) is 6.42 Å². The molecule has 1 aromatic carbocycles. The van der Waals surface area contributed by atoms with Crippen molar-refractivity contribution in [2.75, 3.05) is 0 Å². The minimum absolute atomic E-state index is 0.194. The fraction of sp³-hybridized carbons (Fsp3) is 0.429. The highest BCUT2D eigenvalue weighted by atomic mass is 16.4. The zero-order chi connectivity index (χ0) is 13.4. The lowest BCUT2D eigenvalue weighted by atomic mass is 10.1. The Hall–Kier alpha value is -1.84. The van der Waals surface area contributed by atoms with Crippen LogP contribution in [0.25, 0.3) is 0 Å². The van der Waals surface area contributed by atoms with Gasteiger partial charge in [-0.05, 0) is 24.8 Å². The highest BCUT2D eigenvalue weighted by Gasteiger charge is 2.16. The van der Waals surface area contributed by atoms with Gasteiger partial charge in [0.15, 0.2) is 0 Å². The molecule has 0 aliphatic rings. The summed E-state index contributed by atoms with van der Waals surface area (Å²) in [6, 6.07) is 9.15. The van der Waals surface area contributed by atoms with Gasteiger partial charge in [-0.15, -0.1) is 0 Å². The van der Waals surface area contributed by atoms with Gasteiger partial charge < -0.3 is 10.4 Å². The molecule has 1 rings (SSSR count). The SMILES string of the molecule is CC[C@@H](NC(=O)CCCc1ccccc1)C(=O)O. The molecule has 0 saturated carbocycles. The predicted octanol–water partition coefficient (Wildman–Crippen LogP) is 1.99. The Labute approximate surface area is 107 Å². The van der Waals surface area contributed by atoms with Crippen LogP contribution in [0.2, 0.25) is 0 Å². The van der Waals surface area contributed by atoms with Gasteiger partial charge >= 0.3 is 5.97 Å². The second-order valence-corrected chi connectivity index (χ2v) is 4.21. The van der Waals surface area contributed by atoms with Crippen LogP contribution in [0.4, 0.5) is 0 Å². The maximum absolute atomic E-state index is 11.5. The van der Waals surface area contributed by atoms with Gasteiger partial charge in [-0.1, -0.05) is 37.3 Å². The maximum atomic E-state index is 11.5. The third kappa shape index (κ3) is 4.99. The Morgan fingerprint density at radius 1 is 1.28 bits per heavy atom. The van der Waals surface area contributed by atoms with E-state index in [1.165, 1.54) is 5.56 Å². The summed E-state index contributed by atoms with van der Waals surface area (Å²) in [7, 11) is 0. The van der Waals surface area contributed by atoms with Gasteiger partial charge in [-0.25, -0.2) is 4.79 Å². The van der Waals surface area contributed by atoms with Crippen molar-refractivity contribution in [2.24, 2.45) is 0 Å².